The Morgan fingerprint density at radius 3 is 2.58 bits per heavy atom. The Morgan fingerprint density at radius 2 is 1.82 bits per heavy atom. The summed E-state index contributed by atoms with van der Waals surface area (Å²) in [5.41, 5.74) is 1.65. The molecule has 1 amide bonds. The van der Waals surface area contributed by atoms with Crippen LogP contribution in [0.4, 0.5) is 11.5 Å². The largest absolute Gasteiger partial charge is 0.457 e. The smallest absolute Gasteiger partial charge is 0.266 e. The molecule has 168 valence electrons. The number of para-hydroxylation sites is 1. The second-order valence-corrected chi connectivity index (χ2v) is 9.36. The van der Waals surface area contributed by atoms with E-state index in [0.717, 1.165) is 46.7 Å². The molecule has 0 aliphatic carbocycles. The minimum Gasteiger partial charge on any atom is -0.457 e. The summed E-state index contributed by atoms with van der Waals surface area (Å²) in [6, 6.07) is 17.4. The van der Waals surface area contributed by atoms with E-state index in [1.807, 2.05) is 61.5 Å². The maximum atomic E-state index is 13.1. The lowest BCUT2D eigenvalue weighted by Crippen LogP contribution is -2.38. The van der Waals surface area contributed by atoms with Crippen LogP contribution in [-0.2, 0) is 0 Å². The summed E-state index contributed by atoms with van der Waals surface area (Å²) in [6.07, 6.45) is 5.18. The van der Waals surface area contributed by atoms with Gasteiger partial charge in [0.15, 0.2) is 0 Å². The van der Waals surface area contributed by atoms with E-state index >= 15 is 0 Å². The maximum absolute atomic E-state index is 13.1. The molecule has 6 nitrogen and oxygen atoms in total. The van der Waals surface area contributed by atoms with Crippen molar-refractivity contribution in [1.82, 2.24) is 9.97 Å². The number of ether oxygens (including phenoxy) is 1. The van der Waals surface area contributed by atoms with Gasteiger partial charge in [-0.25, -0.2) is 9.97 Å². The zero-order valence-electron chi connectivity index (χ0n) is 18.7. The number of fused-ring (bicyclic) bond motifs is 1. The standard InChI is InChI=1S/C26H26N4O2S/c1-17-8-6-7-15-30(17)24-22-18(2)23(33-26(22)28-16-27-24)25(31)29-19-11-13-21(14-12-19)32-20-9-4-3-5-10-20/h3-5,9-14,16-17H,6-8,15H2,1-2H3,(H,29,31). The molecule has 2 aromatic heterocycles. The second kappa shape index (κ2) is 9.19. The highest BCUT2D eigenvalue weighted by Gasteiger charge is 2.25. The van der Waals surface area contributed by atoms with Crippen molar-refractivity contribution in [1.29, 1.82) is 0 Å². The zero-order valence-corrected chi connectivity index (χ0v) is 19.6. The fourth-order valence-corrected chi connectivity index (χ4v) is 5.36. The molecule has 1 aliphatic rings. The Kier molecular flexibility index (Phi) is 5.96. The van der Waals surface area contributed by atoms with Crippen LogP contribution in [0.5, 0.6) is 11.5 Å². The summed E-state index contributed by atoms with van der Waals surface area (Å²) in [5, 5.41) is 4.01. The molecule has 0 saturated carbocycles. The number of aryl methyl sites for hydroxylation is 1. The number of piperidine rings is 1. The summed E-state index contributed by atoms with van der Waals surface area (Å²) >= 11 is 1.42. The summed E-state index contributed by atoms with van der Waals surface area (Å²) < 4.78 is 5.83. The Balaban J connectivity index is 1.36. The number of carbonyl (C=O) groups excluding carboxylic acids is 1. The van der Waals surface area contributed by atoms with Crippen molar-refractivity contribution in [2.75, 3.05) is 16.8 Å². The van der Waals surface area contributed by atoms with Gasteiger partial charge in [-0.3, -0.25) is 4.79 Å². The number of thiophene rings is 1. The highest BCUT2D eigenvalue weighted by atomic mass is 32.1. The van der Waals surface area contributed by atoms with Crippen molar-refractivity contribution in [3.8, 4) is 11.5 Å². The van der Waals surface area contributed by atoms with Crippen molar-refractivity contribution >= 4 is 39.0 Å². The van der Waals surface area contributed by atoms with E-state index in [1.54, 1.807) is 6.33 Å². The van der Waals surface area contributed by atoms with Crippen molar-refractivity contribution in [3.05, 3.63) is 71.4 Å². The fourth-order valence-electron chi connectivity index (χ4n) is 4.32. The molecular weight excluding hydrogens is 432 g/mol. The number of hydrogen-bond donors (Lipinski definition) is 1. The lowest BCUT2D eigenvalue weighted by molar-refractivity contribution is 0.103. The lowest BCUT2D eigenvalue weighted by Gasteiger charge is -2.34. The molecule has 1 fully saturated rings. The van der Waals surface area contributed by atoms with Gasteiger partial charge in [0.05, 0.1) is 10.3 Å². The van der Waals surface area contributed by atoms with Gasteiger partial charge in [0.1, 0.15) is 28.5 Å². The van der Waals surface area contributed by atoms with Gasteiger partial charge in [-0.1, -0.05) is 18.2 Å². The van der Waals surface area contributed by atoms with Gasteiger partial charge in [0.2, 0.25) is 0 Å². The van der Waals surface area contributed by atoms with Crippen LogP contribution in [0.3, 0.4) is 0 Å². The highest BCUT2D eigenvalue weighted by molar-refractivity contribution is 7.20. The first-order valence-electron chi connectivity index (χ1n) is 11.2. The Morgan fingerprint density at radius 1 is 1.06 bits per heavy atom. The number of hydrogen-bond acceptors (Lipinski definition) is 6. The number of carbonyl (C=O) groups is 1. The number of benzene rings is 2. The monoisotopic (exact) mass is 458 g/mol. The first kappa shape index (κ1) is 21.4. The fraction of sp³-hybridized carbons (Fsp3) is 0.269. The predicted molar refractivity (Wildman–Crippen MR) is 134 cm³/mol. The van der Waals surface area contributed by atoms with Crippen LogP contribution in [0.25, 0.3) is 10.2 Å². The Labute approximate surface area is 197 Å². The van der Waals surface area contributed by atoms with Crippen LogP contribution in [-0.4, -0.2) is 28.5 Å². The van der Waals surface area contributed by atoms with Crippen LogP contribution in [0.1, 0.15) is 41.4 Å². The minimum atomic E-state index is -0.134. The van der Waals surface area contributed by atoms with Crippen LogP contribution in [0.2, 0.25) is 0 Å². The molecule has 33 heavy (non-hydrogen) atoms. The lowest BCUT2D eigenvalue weighted by atomic mass is 10.0. The number of nitrogens with one attached hydrogen (secondary N) is 1. The van der Waals surface area contributed by atoms with E-state index in [2.05, 4.69) is 27.1 Å². The number of rotatable bonds is 5. The van der Waals surface area contributed by atoms with E-state index in [0.29, 0.717) is 22.4 Å². The molecule has 1 saturated heterocycles. The van der Waals surface area contributed by atoms with Gasteiger partial charge >= 0.3 is 0 Å². The summed E-state index contributed by atoms with van der Waals surface area (Å²) in [5.74, 6) is 2.30. The first-order chi connectivity index (χ1) is 16.1. The Bertz CT molecular complexity index is 1270. The zero-order chi connectivity index (χ0) is 22.8. The quantitative estimate of drug-likeness (QED) is 0.374. The van der Waals surface area contributed by atoms with Crippen molar-refractivity contribution in [2.45, 2.75) is 39.2 Å². The van der Waals surface area contributed by atoms with Gasteiger partial charge in [0, 0.05) is 18.3 Å². The maximum Gasteiger partial charge on any atom is 0.266 e. The SMILES string of the molecule is Cc1c(C(=O)Nc2ccc(Oc3ccccc3)cc2)sc2ncnc(N3CCCCC3C)c12. The molecule has 1 N–H and O–H groups in total. The van der Waals surface area contributed by atoms with Crippen molar-refractivity contribution in [2.24, 2.45) is 0 Å². The first-order valence-corrected chi connectivity index (χ1v) is 12.1. The summed E-state index contributed by atoms with van der Waals surface area (Å²) in [7, 11) is 0. The predicted octanol–water partition coefficient (Wildman–Crippen LogP) is 6.42. The molecule has 0 bridgehead atoms. The van der Waals surface area contributed by atoms with Crippen LogP contribution >= 0.6 is 11.3 Å². The third-order valence-electron chi connectivity index (χ3n) is 6.08. The molecule has 0 spiro atoms. The molecule has 1 aliphatic heterocycles. The highest BCUT2D eigenvalue weighted by Crippen LogP contribution is 2.37. The second-order valence-electron chi connectivity index (χ2n) is 8.37. The molecule has 5 rings (SSSR count). The normalized spacial score (nSPS) is 16.1. The minimum absolute atomic E-state index is 0.134. The topological polar surface area (TPSA) is 67.3 Å². The summed E-state index contributed by atoms with van der Waals surface area (Å²) in [4.78, 5) is 26.1. The average molecular weight is 459 g/mol. The molecule has 4 aromatic rings. The van der Waals surface area contributed by atoms with E-state index < -0.39 is 0 Å². The molecule has 3 heterocycles. The molecule has 1 unspecified atom stereocenters. The van der Waals surface area contributed by atoms with Crippen molar-refractivity contribution < 1.29 is 9.53 Å². The number of nitrogens with zero attached hydrogens (tertiary/aromatic N) is 3. The van der Waals surface area contributed by atoms with Gasteiger partial charge in [-0.2, -0.15) is 0 Å². The third kappa shape index (κ3) is 4.41. The third-order valence-corrected chi connectivity index (χ3v) is 7.28. The molecule has 1 atom stereocenters. The van der Waals surface area contributed by atoms with Crippen molar-refractivity contribution in [3.63, 3.8) is 0 Å². The van der Waals surface area contributed by atoms with Gasteiger partial charge < -0.3 is 15.0 Å². The van der Waals surface area contributed by atoms with E-state index in [4.69, 9.17) is 4.74 Å². The van der Waals surface area contributed by atoms with Crippen LogP contribution < -0.4 is 15.0 Å². The van der Waals surface area contributed by atoms with Crippen LogP contribution in [0, 0.1) is 6.92 Å². The molecule has 7 heteroatoms. The van der Waals surface area contributed by atoms with Gasteiger partial charge in [0.25, 0.3) is 5.91 Å². The molecule has 0 radical (unpaired) electrons. The number of amides is 1. The number of anilines is 2. The van der Waals surface area contributed by atoms with E-state index in [9.17, 15) is 4.79 Å². The Hall–Kier alpha value is -3.45. The average Bonchev–Trinajstić information content (AvgIpc) is 3.18. The van der Waals surface area contributed by atoms with E-state index in [1.165, 1.54) is 17.8 Å². The van der Waals surface area contributed by atoms with Gasteiger partial charge in [-0.05, 0) is 75.1 Å². The van der Waals surface area contributed by atoms with Crippen LogP contribution in [0.15, 0.2) is 60.9 Å². The summed E-state index contributed by atoms with van der Waals surface area (Å²) in [6.45, 7) is 5.22. The molecular formula is C26H26N4O2S. The molecule has 2 aromatic carbocycles. The number of aromatic nitrogens is 2. The van der Waals surface area contributed by atoms with E-state index in [-0.39, 0.29) is 5.91 Å². The van der Waals surface area contributed by atoms with Gasteiger partial charge in [-0.15, -0.1) is 11.3 Å².